The van der Waals surface area contributed by atoms with E-state index in [1.54, 1.807) is 11.3 Å². The highest BCUT2D eigenvalue weighted by Gasteiger charge is 2.34. The molecule has 608 valence electrons. The Morgan fingerprint density at radius 2 is 0.608 bits per heavy atom. The fraction of sp³-hybridized carbons (Fsp3) is 0.136. The summed E-state index contributed by atoms with van der Waals surface area (Å²) in [5.41, 5.74) is 26.5. The molecule has 0 bridgehead atoms. The van der Waals surface area contributed by atoms with Crippen molar-refractivity contribution in [3.63, 3.8) is 0 Å². The van der Waals surface area contributed by atoms with Crippen LogP contribution in [0.2, 0.25) is 5.02 Å². The number of fused-ring (bicyclic) bond motifs is 12. The van der Waals surface area contributed by atoms with Gasteiger partial charge in [0.2, 0.25) is 0 Å². The third-order valence-electron chi connectivity index (χ3n) is 25.0. The number of hydrogen-bond donors (Lipinski definition) is 0. The first-order valence-electron chi connectivity index (χ1n) is 45.1. The van der Waals surface area contributed by atoms with Crippen LogP contribution in [0.3, 0.4) is 0 Å². The van der Waals surface area contributed by atoms with E-state index in [0.29, 0.717) is 26.9 Å². The molecule has 7 heteroatoms. The summed E-state index contributed by atoms with van der Waals surface area (Å²) in [6.07, 6.45) is 0. The molecule has 21 aromatic rings. The van der Waals surface area contributed by atoms with Gasteiger partial charge in [0.25, 0.3) is 0 Å². The Morgan fingerprint density at radius 3 is 1.10 bits per heavy atom. The van der Waals surface area contributed by atoms with Crippen LogP contribution in [0, 0.1) is 0 Å². The smallest absolute Gasteiger partial charge is 0.136 e. The first kappa shape index (κ1) is 74.3. The summed E-state index contributed by atoms with van der Waals surface area (Å²) in [7, 11) is 0. The fourth-order valence-electron chi connectivity index (χ4n) is 18.5. The van der Waals surface area contributed by atoms with Gasteiger partial charge < -0.3 is 18.6 Å². The Balaban J connectivity index is 0.931. The van der Waals surface area contributed by atoms with Crippen LogP contribution >= 0.6 is 34.3 Å². The highest BCUT2D eigenvalue weighted by molar-refractivity contribution is 7.26. The van der Waals surface area contributed by atoms with E-state index in [0.717, 1.165) is 176 Å². The van der Waals surface area contributed by atoms with E-state index in [2.05, 4.69) is 414 Å². The lowest BCUT2D eigenvalue weighted by atomic mass is 9.80. The molecule has 4 aromatic heterocycles. The highest BCUT2D eigenvalue weighted by Crippen LogP contribution is 2.58. The lowest BCUT2D eigenvalue weighted by molar-refractivity contribution is 0.590. The maximum Gasteiger partial charge on any atom is 0.136 e. The molecule has 0 unspecified atom stereocenters. The van der Waals surface area contributed by atoms with Crippen LogP contribution in [0.4, 0.5) is 34.1 Å². The van der Waals surface area contributed by atoms with Crippen molar-refractivity contribution in [3.05, 3.63) is 385 Å². The fourth-order valence-corrected chi connectivity index (χ4v) is 21.0. The Morgan fingerprint density at radius 1 is 0.248 bits per heavy atom. The van der Waals surface area contributed by atoms with Gasteiger partial charge in [-0.3, -0.25) is 0 Å². The second kappa shape index (κ2) is 30.6. The van der Waals surface area contributed by atoms with E-state index in [9.17, 15) is 4.11 Å². The zero-order chi connectivity index (χ0) is 89.0. The third-order valence-corrected chi connectivity index (χ3v) is 27.5. The molecule has 17 aromatic carbocycles. The summed E-state index contributed by atoms with van der Waals surface area (Å²) in [5.74, 6) is 0. The number of furan rings is 2. The van der Waals surface area contributed by atoms with E-state index >= 15 is 0 Å². The van der Waals surface area contributed by atoms with Gasteiger partial charge in [0, 0.05) is 112 Å². The van der Waals surface area contributed by atoms with E-state index in [1.165, 1.54) is 25.9 Å². The van der Waals surface area contributed by atoms with Crippen molar-refractivity contribution in [1.29, 1.82) is 0 Å². The van der Waals surface area contributed by atoms with Crippen molar-refractivity contribution in [1.82, 2.24) is 0 Å². The van der Waals surface area contributed by atoms with Gasteiger partial charge in [-0.15, -0.1) is 22.7 Å². The Hall–Kier alpha value is -13.3. The molecule has 0 aliphatic rings. The molecule has 0 aliphatic heterocycles. The Bertz CT molecular complexity index is 7980. The van der Waals surface area contributed by atoms with Crippen LogP contribution in [0.5, 0.6) is 0 Å². The molecule has 0 N–H and O–H groups in total. The summed E-state index contributed by atoms with van der Waals surface area (Å²) >= 11 is 12.1. The topological polar surface area (TPSA) is 32.8 Å². The van der Waals surface area contributed by atoms with Gasteiger partial charge in [0.15, 0.2) is 0 Å². The van der Waals surface area contributed by atoms with Crippen LogP contribution < -0.4 is 9.80 Å². The predicted octanol–water partition coefficient (Wildman–Crippen LogP) is 36.3. The van der Waals surface area contributed by atoms with Gasteiger partial charge >= 0.3 is 0 Å². The molecule has 0 saturated heterocycles. The predicted molar refractivity (Wildman–Crippen MR) is 539 cm³/mol. The van der Waals surface area contributed by atoms with Crippen molar-refractivity contribution in [3.8, 4) is 89.0 Å². The average molecular weight is 1680 g/mol. The van der Waals surface area contributed by atoms with E-state index in [-0.39, 0.29) is 46.0 Å². The van der Waals surface area contributed by atoms with Crippen LogP contribution in [0.25, 0.3) is 173 Å². The lowest BCUT2D eigenvalue weighted by Gasteiger charge is -2.35. The number of halogens is 1. The summed E-state index contributed by atoms with van der Waals surface area (Å²) in [6, 6.07) is 121. The minimum atomic E-state index is -0.477. The maximum atomic E-state index is 9.96. The zero-order valence-corrected chi connectivity index (χ0v) is 74.5. The minimum Gasteiger partial charge on any atom is -0.456 e. The highest BCUT2D eigenvalue weighted by atomic mass is 35.5. The molecule has 0 aliphatic carbocycles. The van der Waals surface area contributed by atoms with Gasteiger partial charge in [-0.25, -0.2) is 0 Å². The molecule has 0 spiro atoms. The molecule has 0 atom stereocenters. The van der Waals surface area contributed by atoms with Crippen molar-refractivity contribution in [2.24, 2.45) is 0 Å². The zero-order valence-electron chi connectivity index (χ0n) is 76.2. The van der Waals surface area contributed by atoms with Crippen LogP contribution in [-0.4, -0.2) is 0 Å². The Kier molecular flexibility index (Phi) is 18.2. The molecule has 21 rings (SSSR count). The number of para-hydroxylation sites is 2. The molecule has 0 saturated carbocycles. The van der Waals surface area contributed by atoms with Crippen LogP contribution in [0.15, 0.2) is 367 Å². The molecule has 4 heterocycles. The van der Waals surface area contributed by atoms with E-state index in [4.69, 9.17) is 21.8 Å². The summed E-state index contributed by atoms with van der Waals surface area (Å²) in [6.45, 7) is 27.5. The van der Waals surface area contributed by atoms with Crippen LogP contribution in [-0.2, 0) is 21.7 Å². The van der Waals surface area contributed by atoms with Gasteiger partial charge in [-0.1, -0.05) is 325 Å². The summed E-state index contributed by atoms with van der Waals surface area (Å²) in [5, 5.41) is 7.90. The summed E-state index contributed by atoms with van der Waals surface area (Å²) in [4.78, 5) is 4.91. The van der Waals surface area contributed by atoms with Gasteiger partial charge in [0.05, 0.1) is 16.9 Å². The average Bonchev–Trinajstić information content (AvgIpc) is 1.72. The monoisotopic (exact) mass is 1670 g/mol. The van der Waals surface area contributed by atoms with Crippen molar-refractivity contribution in [2.75, 3.05) is 9.80 Å². The first-order chi connectivity index (χ1) is 62.0. The number of thiophene rings is 2. The van der Waals surface area contributed by atoms with Crippen molar-refractivity contribution >= 4 is 153 Å². The molecular weight excluding hydrogens is 1580 g/mol. The van der Waals surface area contributed by atoms with Crippen molar-refractivity contribution < 1.29 is 14.3 Å². The van der Waals surface area contributed by atoms with Gasteiger partial charge in [-0.2, -0.15) is 0 Å². The third kappa shape index (κ3) is 14.3. The van der Waals surface area contributed by atoms with Gasteiger partial charge in [-0.05, 0) is 238 Å². The number of nitrogens with zero attached hydrogens (tertiary/aromatic N) is 2. The number of benzene rings is 17. The molecule has 4 nitrogen and oxygen atoms in total. The molecular formula is C118H95ClN2O2S2. The molecule has 0 radical (unpaired) electrons. The minimum absolute atomic E-state index is 0.0853. The normalized spacial score (nSPS) is 12.8. The van der Waals surface area contributed by atoms with E-state index in [1.807, 2.05) is 23.5 Å². The van der Waals surface area contributed by atoms with E-state index < -0.39 is 5.41 Å². The van der Waals surface area contributed by atoms with Gasteiger partial charge in [0.1, 0.15) is 22.3 Å². The van der Waals surface area contributed by atoms with Crippen molar-refractivity contribution in [2.45, 2.75) is 105 Å². The summed E-state index contributed by atoms with van der Waals surface area (Å²) < 4.78 is 56.5. The largest absolute Gasteiger partial charge is 0.456 e. The molecule has 125 heavy (non-hydrogen) atoms. The number of hydrogen-bond acceptors (Lipinski definition) is 6. The molecule has 0 amide bonds. The quantitative estimate of drug-likeness (QED) is 0.109. The number of rotatable bonds is 14. The Labute approximate surface area is 750 Å². The number of anilines is 6. The first-order valence-corrected chi connectivity index (χ1v) is 45.1. The van der Waals surface area contributed by atoms with Crippen LogP contribution in [0.1, 0.15) is 111 Å². The second-order valence-corrected chi connectivity index (χ2v) is 40.0. The lowest BCUT2D eigenvalue weighted by Crippen LogP contribution is -2.18. The second-order valence-electron chi connectivity index (χ2n) is 37.4. The maximum absolute atomic E-state index is 9.96. The standard InChI is InChI=1S/C118H95ClN2O2S2/c1-115(2,3)80-60-76(72-32-15-13-16-33-72)58-78(62-80)74-54-56-85(57-55-74)120(113-97(89-42-28-48-103-109(89)93-38-19-23-46-101(93)122-103)65-82(117(7,8)9)67-99(113)91-44-30-52-107-111(91)95-40-21-25-50-105(95)124-107)87-69-84(119)70-88(71-87)121(86-37-27-36-75(64-86)79-59-77(73-34-17-14-18-35-73)61-81(63-79)116(4,5)6)114-98(90-43-29-49-104-110(90)94-39-20-24-47-102(94)123-104)66-83(118(10,11)12)68-100(114)92-45-31-53-108-112(92)96-41-22-26-51-106(96)125-108/h13-71H,1-12H3/i19D,23D,38D,46D. The molecule has 0 fully saturated rings. The SMILES string of the molecule is [2H]c1c([2H])c([2H])c2c(oc3cccc(-c4cc(C(C)(C)C)cc(-c5cccc6sc7ccccc7c56)c4N(c4ccc(-c5cc(-c6ccccc6)cc(C(C)(C)C)c5)cc4)c4cc(Cl)cc(N(c5cccc(-c6cc(-c7ccccc7)cc(C(C)(C)C)c6)c5)c5c(-c6cccc7oc8ccccc8c67)cc(C(C)(C)C)cc5-c5cccc6sc7ccccc7c56)c4)c32)c1[2H].